The molecule has 4 heterocycles. The van der Waals surface area contributed by atoms with E-state index in [-0.39, 0.29) is 0 Å². The summed E-state index contributed by atoms with van der Waals surface area (Å²) in [7, 11) is 0. The molecule has 0 radical (unpaired) electrons. The van der Waals surface area contributed by atoms with Gasteiger partial charge in [-0.3, -0.25) is 0 Å². The largest absolute Gasteiger partial charge is 0.455 e. The molecule has 320 valence electrons. The van der Waals surface area contributed by atoms with Crippen molar-refractivity contribution in [1.29, 1.82) is 0 Å². The number of para-hydroxylation sites is 3. The highest BCUT2D eigenvalue weighted by Crippen LogP contribution is 2.46. The topological polar surface area (TPSA) is 17.6 Å². The summed E-state index contributed by atoms with van der Waals surface area (Å²) in [5, 5.41) is 12.5. The molecule has 4 aromatic heterocycles. The number of nitrogens with zero attached hydrogens (tertiary/aromatic N) is 1. The van der Waals surface area contributed by atoms with Crippen molar-refractivity contribution in [2.45, 2.75) is 0 Å². The van der Waals surface area contributed by atoms with Gasteiger partial charge < -0.3 is 8.82 Å². The van der Waals surface area contributed by atoms with E-state index in [1.165, 1.54) is 108 Å². The normalized spacial score (nSPS) is 12.1. The van der Waals surface area contributed by atoms with Gasteiger partial charge in [0.15, 0.2) is 0 Å². The molecule has 0 N–H and O–H groups in total. The van der Waals surface area contributed by atoms with E-state index < -0.39 is 0 Å². The number of aromatic nitrogens is 1. The van der Waals surface area contributed by atoms with E-state index in [1.54, 1.807) is 0 Å². The molecule has 3 heteroatoms. The molecule has 0 spiro atoms. The van der Waals surface area contributed by atoms with E-state index in [2.05, 4.69) is 229 Å². The zero-order valence-electron chi connectivity index (χ0n) is 37.3. The molecule has 0 amide bonds. The van der Waals surface area contributed by atoms with Crippen molar-refractivity contribution in [1.82, 2.24) is 4.40 Å². The van der Waals surface area contributed by atoms with Crippen LogP contribution in [0.2, 0.25) is 0 Å². The van der Waals surface area contributed by atoms with Crippen LogP contribution >= 0.6 is 11.3 Å². The van der Waals surface area contributed by atoms with Crippen molar-refractivity contribution in [2.24, 2.45) is 0 Å². The van der Waals surface area contributed by atoms with Gasteiger partial charge in [0, 0.05) is 52.7 Å². The van der Waals surface area contributed by atoms with Crippen LogP contribution in [0.3, 0.4) is 0 Å². The van der Waals surface area contributed by atoms with Crippen LogP contribution in [-0.2, 0) is 0 Å². The molecule has 0 saturated carbocycles. The molecule has 15 aromatic rings. The van der Waals surface area contributed by atoms with Gasteiger partial charge in [-0.1, -0.05) is 182 Å². The van der Waals surface area contributed by atoms with E-state index in [0.717, 1.165) is 38.6 Å². The van der Waals surface area contributed by atoms with Gasteiger partial charge >= 0.3 is 0 Å². The quantitative estimate of drug-likeness (QED) is 0.168. The molecular formula is C66H39NOS. The maximum Gasteiger partial charge on any atom is 0.143 e. The number of fused-ring (bicyclic) bond motifs is 10. The van der Waals surface area contributed by atoms with Crippen LogP contribution < -0.4 is 0 Å². The number of benzene rings is 11. The van der Waals surface area contributed by atoms with Crippen molar-refractivity contribution < 1.29 is 4.42 Å². The van der Waals surface area contributed by atoms with Crippen LogP contribution in [-0.4, -0.2) is 4.40 Å². The molecule has 0 aliphatic rings. The molecule has 15 rings (SSSR count). The Morgan fingerprint density at radius 2 is 0.797 bits per heavy atom. The van der Waals surface area contributed by atoms with Gasteiger partial charge in [-0.05, 0) is 121 Å². The summed E-state index contributed by atoms with van der Waals surface area (Å²) in [5.41, 5.74) is 17.2. The molecule has 0 unspecified atom stereocenters. The standard InChI is InChI=1S/C66H39NOS/c1-2-12-40(13-3-1)41-26-28-42(29-27-41)46-36-47(43-30-32-44(33-31-43)49-17-8-21-56-52-16-6-7-23-60(52)68-66(49)56)38-48(37-46)45-34-35-58-57(39-45)55-20-9-19-54-51-15-5-4-14-50(51)53-18-10-24-61-63(53)64-59(67(58)65(54)55)22-11-25-62(64)69-61/h1-39H. The molecule has 69 heavy (non-hydrogen) atoms. The minimum atomic E-state index is 0.910. The van der Waals surface area contributed by atoms with Gasteiger partial charge in [0.05, 0.1) is 16.6 Å². The summed E-state index contributed by atoms with van der Waals surface area (Å²) in [6.07, 6.45) is 0. The number of furan rings is 1. The van der Waals surface area contributed by atoms with Crippen LogP contribution in [0.25, 0.3) is 147 Å². The van der Waals surface area contributed by atoms with Crippen molar-refractivity contribution in [2.75, 3.05) is 0 Å². The lowest BCUT2D eigenvalue weighted by Crippen LogP contribution is -1.88. The highest BCUT2D eigenvalue weighted by molar-refractivity contribution is 7.26. The lowest BCUT2D eigenvalue weighted by molar-refractivity contribution is 0.670. The van der Waals surface area contributed by atoms with Gasteiger partial charge in [-0.2, -0.15) is 0 Å². The van der Waals surface area contributed by atoms with E-state index in [9.17, 15) is 0 Å². The number of hydrogen-bond donors (Lipinski definition) is 0. The maximum absolute atomic E-state index is 6.46. The van der Waals surface area contributed by atoms with Crippen molar-refractivity contribution in [3.05, 3.63) is 237 Å². The molecule has 0 atom stereocenters. The summed E-state index contributed by atoms with van der Waals surface area (Å²) in [5.74, 6) is 0. The smallest absolute Gasteiger partial charge is 0.143 e. The average Bonchev–Trinajstić information content (AvgIpc) is 4.11. The molecular weight excluding hydrogens is 855 g/mol. The van der Waals surface area contributed by atoms with Crippen LogP contribution in [0.4, 0.5) is 0 Å². The third-order valence-corrected chi connectivity index (χ3v) is 15.7. The first-order chi connectivity index (χ1) is 34.2. The van der Waals surface area contributed by atoms with Gasteiger partial charge in [-0.25, -0.2) is 0 Å². The highest BCUT2D eigenvalue weighted by Gasteiger charge is 2.20. The Bertz CT molecular complexity index is 4570. The van der Waals surface area contributed by atoms with Crippen LogP contribution in [0, 0.1) is 0 Å². The SMILES string of the molecule is c1ccc(-c2ccc(-c3cc(-c4ccc(-c5cccc6c5oc5ccccc56)cc4)cc(-c4ccc5c(c4)c4cccc6c7ccccc7c7cccc8sc9cccc(c9c87)n5c64)c3)cc2)cc1. The second-order valence-electron chi connectivity index (χ2n) is 18.3. The lowest BCUT2D eigenvalue weighted by Gasteiger charge is -2.13. The first-order valence-electron chi connectivity index (χ1n) is 23.6. The molecule has 2 nitrogen and oxygen atoms in total. The third kappa shape index (κ3) is 5.84. The summed E-state index contributed by atoms with van der Waals surface area (Å²) in [6.45, 7) is 0. The second kappa shape index (κ2) is 14.9. The first-order valence-corrected chi connectivity index (χ1v) is 24.5. The Labute approximate surface area is 401 Å². The number of hydrogen-bond acceptors (Lipinski definition) is 2. The summed E-state index contributed by atoms with van der Waals surface area (Å²) >= 11 is 1.89. The van der Waals surface area contributed by atoms with Gasteiger partial charge in [0.1, 0.15) is 11.2 Å². The van der Waals surface area contributed by atoms with E-state index >= 15 is 0 Å². The fourth-order valence-corrected chi connectivity index (χ4v) is 12.5. The fourth-order valence-electron chi connectivity index (χ4n) is 11.4. The Morgan fingerprint density at radius 1 is 0.290 bits per heavy atom. The van der Waals surface area contributed by atoms with Crippen LogP contribution in [0.5, 0.6) is 0 Å². The number of thiophene rings is 1. The summed E-state index contributed by atoms with van der Waals surface area (Å²) in [6, 6.07) is 87.2. The van der Waals surface area contributed by atoms with E-state index in [0.29, 0.717) is 0 Å². The van der Waals surface area contributed by atoms with Gasteiger partial charge in [0.2, 0.25) is 0 Å². The van der Waals surface area contributed by atoms with Crippen molar-refractivity contribution in [3.8, 4) is 55.6 Å². The monoisotopic (exact) mass is 893 g/mol. The predicted octanol–water partition coefficient (Wildman–Crippen LogP) is 19.2. The Hall–Kier alpha value is -8.76. The molecule has 0 saturated heterocycles. The third-order valence-electron chi connectivity index (χ3n) is 14.6. The fraction of sp³-hybridized carbons (Fsp3) is 0. The number of rotatable bonds is 5. The molecule has 11 aromatic carbocycles. The predicted molar refractivity (Wildman–Crippen MR) is 295 cm³/mol. The van der Waals surface area contributed by atoms with Gasteiger partial charge in [0.25, 0.3) is 0 Å². The van der Waals surface area contributed by atoms with Crippen LogP contribution in [0.15, 0.2) is 241 Å². The Kier molecular flexibility index (Phi) is 8.27. The molecule has 0 bridgehead atoms. The van der Waals surface area contributed by atoms with Crippen molar-refractivity contribution in [3.63, 3.8) is 0 Å². The second-order valence-corrected chi connectivity index (χ2v) is 19.4. The molecule has 0 aliphatic heterocycles. The molecule has 0 fully saturated rings. The lowest BCUT2D eigenvalue weighted by atomic mass is 9.91. The maximum atomic E-state index is 6.46. The minimum Gasteiger partial charge on any atom is -0.455 e. The Morgan fingerprint density at radius 3 is 1.55 bits per heavy atom. The van der Waals surface area contributed by atoms with Crippen molar-refractivity contribution >= 4 is 102 Å². The Balaban J connectivity index is 0.946. The van der Waals surface area contributed by atoms with E-state index in [1.807, 2.05) is 23.5 Å². The minimum absolute atomic E-state index is 0.910. The average molecular weight is 894 g/mol. The van der Waals surface area contributed by atoms with E-state index in [4.69, 9.17) is 4.42 Å². The summed E-state index contributed by atoms with van der Waals surface area (Å²) < 4.78 is 11.6. The summed E-state index contributed by atoms with van der Waals surface area (Å²) in [4.78, 5) is 0. The first kappa shape index (κ1) is 38.4. The van der Waals surface area contributed by atoms with Crippen LogP contribution in [0.1, 0.15) is 0 Å². The zero-order valence-corrected chi connectivity index (χ0v) is 38.1. The highest BCUT2D eigenvalue weighted by atomic mass is 32.1. The van der Waals surface area contributed by atoms with Gasteiger partial charge in [-0.15, -0.1) is 11.3 Å². The zero-order chi connectivity index (χ0) is 45.2. The molecule has 0 aliphatic carbocycles.